The maximum absolute atomic E-state index is 11.5. The summed E-state index contributed by atoms with van der Waals surface area (Å²) in [6.07, 6.45) is 3.06. The van der Waals surface area contributed by atoms with Crippen LogP contribution in [0.15, 0.2) is 0 Å². The molecule has 2 nitrogen and oxygen atoms in total. The van der Waals surface area contributed by atoms with Crippen molar-refractivity contribution >= 4 is 17.5 Å². The molecule has 1 unspecified atom stereocenters. The van der Waals surface area contributed by atoms with Crippen molar-refractivity contribution in [2.24, 2.45) is 0 Å². The SMILES string of the molecule is CN(C)CCC(=O)C1CCCS1. The van der Waals surface area contributed by atoms with Crippen LogP contribution in [-0.4, -0.2) is 42.3 Å². The number of thioether (sulfide) groups is 1. The van der Waals surface area contributed by atoms with Gasteiger partial charge in [-0.15, -0.1) is 0 Å². The quantitative estimate of drug-likeness (QED) is 0.663. The summed E-state index contributed by atoms with van der Waals surface area (Å²) in [7, 11) is 4.02. The Bertz CT molecular complexity index is 153. The summed E-state index contributed by atoms with van der Waals surface area (Å²) in [6, 6.07) is 0. The van der Waals surface area contributed by atoms with E-state index in [1.54, 1.807) is 0 Å². The van der Waals surface area contributed by atoms with Gasteiger partial charge in [0.25, 0.3) is 0 Å². The van der Waals surface area contributed by atoms with E-state index >= 15 is 0 Å². The van der Waals surface area contributed by atoms with E-state index in [0.29, 0.717) is 11.0 Å². The first kappa shape index (κ1) is 10.1. The first-order valence-electron chi connectivity index (χ1n) is 4.49. The molecular weight excluding hydrogens is 170 g/mol. The fourth-order valence-electron chi connectivity index (χ4n) is 1.33. The monoisotopic (exact) mass is 187 g/mol. The molecule has 1 fully saturated rings. The zero-order chi connectivity index (χ0) is 8.97. The molecule has 1 aliphatic heterocycles. The molecule has 0 bridgehead atoms. The van der Waals surface area contributed by atoms with Gasteiger partial charge in [-0.2, -0.15) is 11.8 Å². The van der Waals surface area contributed by atoms with Gasteiger partial charge in [-0.1, -0.05) is 0 Å². The minimum absolute atomic E-state index is 0.324. The molecule has 1 aliphatic rings. The number of nitrogens with zero attached hydrogens (tertiary/aromatic N) is 1. The molecule has 0 aromatic rings. The van der Waals surface area contributed by atoms with Crippen LogP contribution < -0.4 is 0 Å². The fourth-order valence-corrected chi connectivity index (χ4v) is 2.58. The van der Waals surface area contributed by atoms with Crippen LogP contribution in [0, 0.1) is 0 Å². The van der Waals surface area contributed by atoms with Gasteiger partial charge < -0.3 is 4.90 Å². The van der Waals surface area contributed by atoms with E-state index in [0.717, 1.165) is 19.4 Å². The topological polar surface area (TPSA) is 20.3 Å². The highest BCUT2D eigenvalue weighted by atomic mass is 32.2. The molecule has 1 rings (SSSR count). The van der Waals surface area contributed by atoms with E-state index in [-0.39, 0.29) is 0 Å². The zero-order valence-corrected chi connectivity index (χ0v) is 8.69. The average molecular weight is 187 g/mol. The molecule has 0 spiro atoms. The number of carbonyl (C=O) groups excluding carboxylic acids is 1. The standard InChI is InChI=1S/C9H17NOS/c1-10(2)6-5-8(11)9-4-3-7-12-9/h9H,3-7H2,1-2H3. The summed E-state index contributed by atoms with van der Waals surface area (Å²) < 4.78 is 0. The molecule has 0 N–H and O–H groups in total. The first-order valence-corrected chi connectivity index (χ1v) is 5.54. The number of ketones is 1. The van der Waals surface area contributed by atoms with E-state index in [1.165, 1.54) is 12.2 Å². The maximum Gasteiger partial charge on any atom is 0.147 e. The van der Waals surface area contributed by atoms with Crippen LogP contribution in [0.4, 0.5) is 0 Å². The number of Topliss-reactive ketones (excluding diaryl/α,β-unsaturated/α-hetero) is 1. The summed E-state index contributed by atoms with van der Waals surface area (Å²) in [5.41, 5.74) is 0. The van der Waals surface area contributed by atoms with Crippen molar-refractivity contribution in [1.29, 1.82) is 0 Å². The van der Waals surface area contributed by atoms with E-state index in [2.05, 4.69) is 4.90 Å². The fraction of sp³-hybridized carbons (Fsp3) is 0.889. The third-order valence-corrected chi connectivity index (χ3v) is 3.52. The van der Waals surface area contributed by atoms with Crippen LogP contribution in [0.5, 0.6) is 0 Å². The zero-order valence-electron chi connectivity index (χ0n) is 7.88. The molecule has 1 saturated heterocycles. The minimum atomic E-state index is 0.324. The predicted molar refractivity (Wildman–Crippen MR) is 53.7 cm³/mol. The second kappa shape index (κ2) is 4.87. The number of hydrogen-bond donors (Lipinski definition) is 0. The smallest absolute Gasteiger partial charge is 0.147 e. The molecule has 1 heterocycles. The van der Waals surface area contributed by atoms with Gasteiger partial charge in [-0.25, -0.2) is 0 Å². The lowest BCUT2D eigenvalue weighted by molar-refractivity contribution is -0.118. The summed E-state index contributed by atoms with van der Waals surface area (Å²) in [5, 5.41) is 0.324. The molecular formula is C9H17NOS. The second-order valence-corrected chi connectivity index (χ2v) is 4.83. The van der Waals surface area contributed by atoms with Crippen LogP contribution in [-0.2, 0) is 4.79 Å². The van der Waals surface area contributed by atoms with Crippen LogP contribution in [0.3, 0.4) is 0 Å². The largest absolute Gasteiger partial charge is 0.309 e. The van der Waals surface area contributed by atoms with Gasteiger partial charge >= 0.3 is 0 Å². The Morgan fingerprint density at radius 1 is 1.58 bits per heavy atom. The molecule has 0 aliphatic carbocycles. The van der Waals surface area contributed by atoms with Gasteiger partial charge in [-0.05, 0) is 32.7 Å². The molecule has 70 valence electrons. The minimum Gasteiger partial charge on any atom is -0.309 e. The predicted octanol–water partition coefficient (Wildman–Crippen LogP) is 1.40. The van der Waals surface area contributed by atoms with Crippen molar-refractivity contribution in [3.05, 3.63) is 0 Å². The number of carbonyl (C=O) groups is 1. The van der Waals surface area contributed by atoms with Crippen molar-refractivity contribution in [2.75, 3.05) is 26.4 Å². The highest BCUT2D eigenvalue weighted by Crippen LogP contribution is 2.27. The summed E-state index contributed by atoms with van der Waals surface area (Å²) >= 11 is 1.83. The van der Waals surface area contributed by atoms with Crippen LogP contribution in [0.25, 0.3) is 0 Å². The van der Waals surface area contributed by atoms with Crippen molar-refractivity contribution in [2.45, 2.75) is 24.5 Å². The van der Waals surface area contributed by atoms with Crippen molar-refractivity contribution < 1.29 is 4.79 Å². The summed E-state index contributed by atoms with van der Waals surface area (Å²) in [5.74, 6) is 1.63. The molecule has 0 radical (unpaired) electrons. The third-order valence-electron chi connectivity index (χ3n) is 2.09. The molecule has 0 amide bonds. The average Bonchev–Trinajstić information content (AvgIpc) is 2.51. The Morgan fingerprint density at radius 2 is 2.33 bits per heavy atom. The van der Waals surface area contributed by atoms with E-state index in [1.807, 2.05) is 25.9 Å². The van der Waals surface area contributed by atoms with Gasteiger partial charge in [-0.3, -0.25) is 4.79 Å². The Kier molecular flexibility index (Phi) is 4.09. The van der Waals surface area contributed by atoms with Crippen molar-refractivity contribution in [1.82, 2.24) is 4.90 Å². The van der Waals surface area contributed by atoms with E-state index in [9.17, 15) is 4.79 Å². The Labute approximate surface area is 78.7 Å². The number of rotatable bonds is 4. The van der Waals surface area contributed by atoms with Gasteiger partial charge in [0.1, 0.15) is 5.78 Å². The molecule has 0 aromatic carbocycles. The lowest BCUT2D eigenvalue weighted by Gasteiger charge is -2.11. The highest BCUT2D eigenvalue weighted by Gasteiger charge is 2.22. The lowest BCUT2D eigenvalue weighted by Crippen LogP contribution is -2.21. The van der Waals surface area contributed by atoms with Crippen LogP contribution >= 0.6 is 11.8 Å². The van der Waals surface area contributed by atoms with Crippen molar-refractivity contribution in [3.8, 4) is 0 Å². The number of hydrogen-bond acceptors (Lipinski definition) is 3. The third kappa shape index (κ3) is 3.15. The Hall–Kier alpha value is -0.0200. The molecule has 0 saturated carbocycles. The summed E-state index contributed by atoms with van der Waals surface area (Å²) in [4.78, 5) is 13.6. The van der Waals surface area contributed by atoms with Crippen molar-refractivity contribution in [3.63, 3.8) is 0 Å². The molecule has 3 heteroatoms. The van der Waals surface area contributed by atoms with E-state index < -0.39 is 0 Å². The highest BCUT2D eigenvalue weighted by molar-refractivity contribution is 8.00. The Balaban J connectivity index is 2.18. The molecule has 0 aromatic heterocycles. The van der Waals surface area contributed by atoms with Gasteiger partial charge in [0, 0.05) is 13.0 Å². The Morgan fingerprint density at radius 3 is 2.83 bits per heavy atom. The second-order valence-electron chi connectivity index (χ2n) is 3.52. The maximum atomic E-state index is 11.5. The van der Waals surface area contributed by atoms with Crippen LogP contribution in [0.2, 0.25) is 0 Å². The van der Waals surface area contributed by atoms with Crippen LogP contribution in [0.1, 0.15) is 19.3 Å². The first-order chi connectivity index (χ1) is 5.70. The van der Waals surface area contributed by atoms with Gasteiger partial charge in [0.2, 0.25) is 0 Å². The molecule has 12 heavy (non-hydrogen) atoms. The molecule has 1 atom stereocenters. The van der Waals surface area contributed by atoms with Gasteiger partial charge in [0.15, 0.2) is 0 Å². The van der Waals surface area contributed by atoms with Gasteiger partial charge in [0.05, 0.1) is 5.25 Å². The lowest BCUT2D eigenvalue weighted by atomic mass is 10.1. The normalized spacial score (nSPS) is 23.4. The summed E-state index contributed by atoms with van der Waals surface area (Å²) in [6.45, 7) is 0.899. The van der Waals surface area contributed by atoms with E-state index in [4.69, 9.17) is 0 Å².